The Labute approximate surface area is 108 Å². The lowest BCUT2D eigenvalue weighted by Crippen LogP contribution is -2.54. The van der Waals surface area contributed by atoms with Gasteiger partial charge in [-0.25, -0.2) is 4.79 Å². The molecule has 18 heavy (non-hydrogen) atoms. The summed E-state index contributed by atoms with van der Waals surface area (Å²) in [5.74, 6) is -0.433. The summed E-state index contributed by atoms with van der Waals surface area (Å²) in [4.78, 5) is 23.5. The van der Waals surface area contributed by atoms with Crippen molar-refractivity contribution in [3.63, 3.8) is 0 Å². The third kappa shape index (κ3) is 3.03. The SMILES string of the molecule is O=C(CC1CCC1)NC1(C(=O)O)CCCCCC1. The Hall–Kier alpha value is -1.06. The van der Waals surface area contributed by atoms with Gasteiger partial charge in [-0.3, -0.25) is 4.79 Å². The van der Waals surface area contributed by atoms with Crippen LogP contribution in [-0.2, 0) is 9.59 Å². The Morgan fingerprint density at radius 2 is 1.67 bits per heavy atom. The van der Waals surface area contributed by atoms with E-state index in [0.717, 1.165) is 38.5 Å². The van der Waals surface area contributed by atoms with Gasteiger partial charge in [0.1, 0.15) is 5.54 Å². The third-order valence-electron chi connectivity index (χ3n) is 4.44. The molecule has 4 heteroatoms. The van der Waals surface area contributed by atoms with Gasteiger partial charge in [-0.05, 0) is 31.6 Å². The summed E-state index contributed by atoms with van der Waals surface area (Å²) >= 11 is 0. The molecule has 102 valence electrons. The summed E-state index contributed by atoms with van der Waals surface area (Å²) in [6, 6.07) is 0. The van der Waals surface area contributed by atoms with E-state index in [0.29, 0.717) is 25.2 Å². The second kappa shape index (κ2) is 5.72. The van der Waals surface area contributed by atoms with Crippen LogP contribution in [-0.4, -0.2) is 22.5 Å². The van der Waals surface area contributed by atoms with Crippen LogP contribution in [0.4, 0.5) is 0 Å². The van der Waals surface area contributed by atoms with Crippen molar-refractivity contribution >= 4 is 11.9 Å². The Balaban J connectivity index is 1.95. The lowest BCUT2D eigenvalue weighted by atomic mass is 9.82. The van der Waals surface area contributed by atoms with Gasteiger partial charge in [0.25, 0.3) is 0 Å². The zero-order valence-corrected chi connectivity index (χ0v) is 10.9. The van der Waals surface area contributed by atoms with Gasteiger partial charge in [0, 0.05) is 6.42 Å². The highest BCUT2D eigenvalue weighted by Crippen LogP contribution is 2.31. The van der Waals surface area contributed by atoms with E-state index >= 15 is 0 Å². The molecule has 1 amide bonds. The number of hydrogen-bond donors (Lipinski definition) is 2. The topological polar surface area (TPSA) is 66.4 Å². The predicted molar refractivity (Wildman–Crippen MR) is 68.2 cm³/mol. The molecule has 2 saturated carbocycles. The fourth-order valence-electron chi connectivity index (χ4n) is 3.00. The monoisotopic (exact) mass is 253 g/mol. The molecule has 4 nitrogen and oxygen atoms in total. The predicted octanol–water partition coefficient (Wildman–Crippen LogP) is 2.47. The Morgan fingerprint density at radius 3 is 2.11 bits per heavy atom. The van der Waals surface area contributed by atoms with Crippen LogP contribution in [0.1, 0.15) is 64.2 Å². The van der Waals surface area contributed by atoms with Crippen molar-refractivity contribution in [1.82, 2.24) is 5.32 Å². The normalized spacial score (nSPS) is 23.8. The summed E-state index contributed by atoms with van der Waals surface area (Å²) < 4.78 is 0. The molecule has 0 heterocycles. The summed E-state index contributed by atoms with van der Waals surface area (Å²) in [5, 5.41) is 12.3. The number of carbonyl (C=O) groups excluding carboxylic acids is 1. The first-order valence-electron chi connectivity index (χ1n) is 7.17. The van der Waals surface area contributed by atoms with Crippen LogP contribution in [0.15, 0.2) is 0 Å². The molecule has 0 unspecified atom stereocenters. The molecule has 2 fully saturated rings. The number of hydrogen-bond acceptors (Lipinski definition) is 2. The smallest absolute Gasteiger partial charge is 0.329 e. The van der Waals surface area contributed by atoms with Gasteiger partial charge in [-0.15, -0.1) is 0 Å². The standard InChI is InChI=1S/C14H23NO3/c16-12(10-11-6-5-7-11)15-14(13(17)18)8-3-1-2-4-9-14/h11H,1-10H2,(H,15,16)(H,17,18). The Morgan fingerprint density at radius 1 is 1.06 bits per heavy atom. The number of amides is 1. The molecule has 0 bridgehead atoms. The van der Waals surface area contributed by atoms with Crippen molar-refractivity contribution in [2.24, 2.45) is 5.92 Å². The second-order valence-electron chi connectivity index (χ2n) is 5.85. The molecule has 2 aliphatic carbocycles. The minimum absolute atomic E-state index is 0.0657. The van der Waals surface area contributed by atoms with E-state index in [-0.39, 0.29) is 5.91 Å². The zero-order chi connectivity index (χ0) is 13.0. The van der Waals surface area contributed by atoms with Crippen molar-refractivity contribution in [1.29, 1.82) is 0 Å². The molecule has 0 spiro atoms. The average molecular weight is 253 g/mol. The first kappa shape index (κ1) is 13.4. The van der Waals surface area contributed by atoms with Crippen LogP contribution in [0.3, 0.4) is 0 Å². The molecule has 0 saturated heterocycles. The van der Waals surface area contributed by atoms with Gasteiger partial charge in [-0.1, -0.05) is 32.1 Å². The minimum Gasteiger partial charge on any atom is -0.480 e. The fourth-order valence-corrected chi connectivity index (χ4v) is 3.00. The molecule has 0 aromatic carbocycles. The lowest BCUT2D eigenvalue weighted by Gasteiger charge is -2.31. The molecule has 2 N–H and O–H groups in total. The molecule has 2 rings (SSSR count). The van der Waals surface area contributed by atoms with Crippen molar-refractivity contribution in [2.75, 3.05) is 0 Å². The maximum Gasteiger partial charge on any atom is 0.329 e. The summed E-state index contributed by atoms with van der Waals surface area (Å²) in [6.45, 7) is 0. The van der Waals surface area contributed by atoms with Crippen LogP contribution in [0.5, 0.6) is 0 Å². The maximum atomic E-state index is 12.0. The van der Waals surface area contributed by atoms with Crippen molar-refractivity contribution in [2.45, 2.75) is 69.7 Å². The molecule has 0 atom stereocenters. The fraction of sp³-hybridized carbons (Fsp3) is 0.857. The summed E-state index contributed by atoms with van der Waals surface area (Å²) in [7, 11) is 0. The number of carboxylic acid groups (broad SMARTS) is 1. The molecular formula is C14H23NO3. The van der Waals surface area contributed by atoms with Crippen molar-refractivity contribution in [3.8, 4) is 0 Å². The highest BCUT2D eigenvalue weighted by Gasteiger charge is 2.40. The van der Waals surface area contributed by atoms with Crippen LogP contribution in [0, 0.1) is 5.92 Å². The molecule has 0 aromatic heterocycles. The van der Waals surface area contributed by atoms with E-state index in [2.05, 4.69) is 5.32 Å². The van der Waals surface area contributed by atoms with E-state index in [9.17, 15) is 14.7 Å². The molecule has 0 aliphatic heterocycles. The van der Waals surface area contributed by atoms with Crippen molar-refractivity contribution in [3.05, 3.63) is 0 Å². The van der Waals surface area contributed by atoms with Gasteiger partial charge in [0.15, 0.2) is 0 Å². The van der Waals surface area contributed by atoms with Crippen LogP contribution < -0.4 is 5.32 Å². The van der Waals surface area contributed by atoms with Gasteiger partial charge >= 0.3 is 5.97 Å². The number of rotatable bonds is 4. The molecule has 0 radical (unpaired) electrons. The zero-order valence-electron chi connectivity index (χ0n) is 10.9. The lowest BCUT2D eigenvalue weighted by molar-refractivity contribution is -0.148. The van der Waals surface area contributed by atoms with Crippen LogP contribution in [0.2, 0.25) is 0 Å². The van der Waals surface area contributed by atoms with Gasteiger partial charge < -0.3 is 10.4 Å². The van der Waals surface area contributed by atoms with E-state index in [1.165, 1.54) is 6.42 Å². The molecular weight excluding hydrogens is 230 g/mol. The van der Waals surface area contributed by atoms with E-state index in [1.54, 1.807) is 0 Å². The van der Waals surface area contributed by atoms with Gasteiger partial charge in [-0.2, -0.15) is 0 Å². The second-order valence-corrected chi connectivity index (χ2v) is 5.85. The van der Waals surface area contributed by atoms with E-state index in [1.807, 2.05) is 0 Å². The number of carbonyl (C=O) groups is 2. The quantitative estimate of drug-likeness (QED) is 0.756. The number of carboxylic acids is 1. The van der Waals surface area contributed by atoms with E-state index < -0.39 is 11.5 Å². The first-order valence-corrected chi connectivity index (χ1v) is 7.17. The summed E-state index contributed by atoms with van der Waals surface area (Å²) in [6.07, 6.45) is 9.07. The van der Waals surface area contributed by atoms with Crippen molar-refractivity contribution < 1.29 is 14.7 Å². The first-order chi connectivity index (χ1) is 8.62. The van der Waals surface area contributed by atoms with Crippen LogP contribution in [0.25, 0.3) is 0 Å². The number of nitrogens with one attached hydrogen (secondary N) is 1. The maximum absolute atomic E-state index is 12.0. The van der Waals surface area contributed by atoms with Gasteiger partial charge in [0.2, 0.25) is 5.91 Å². The highest BCUT2D eigenvalue weighted by molar-refractivity contribution is 5.87. The average Bonchev–Trinajstić information content (AvgIpc) is 2.50. The van der Waals surface area contributed by atoms with Gasteiger partial charge in [0.05, 0.1) is 0 Å². The largest absolute Gasteiger partial charge is 0.480 e. The minimum atomic E-state index is -0.989. The Kier molecular flexibility index (Phi) is 4.25. The Bertz CT molecular complexity index is 315. The third-order valence-corrected chi connectivity index (χ3v) is 4.44. The van der Waals surface area contributed by atoms with E-state index in [4.69, 9.17) is 0 Å². The molecule has 2 aliphatic rings. The van der Waals surface area contributed by atoms with Crippen LogP contribution >= 0.6 is 0 Å². The highest BCUT2D eigenvalue weighted by atomic mass is 16.4. The summed E-state index contributed by atoms with van der Waals surface area (Å²) in [5.41, 5.74) is -0.989. The number of aliphatic carboxylic acids is 1. The molecule has 0 aromatic rings.